The topological polar surface area (TPSA) is 57.4 Å². The zero-order valence-electron chi connectivity index (χ0n) is 20.6. The molecule has 0 aliphatic carbocycles. The summed E-state index contributed by atoms with van der Waals surface area (Å²) in [6.45, 7) is 6.85. The standard InChI is InChI=1S/C28H33ClN2O2S/c1-6-7-8-21(22-11-9-20(10-12-22)17-32-4)13-14-25(30)28-31-27(19(3)34-28)23-15-18(2)26(33-5)16-24(23)29/h9-12,15-16,21,25H,6-8,17,30H2,1-5H3. The van der Waals surface area contributed by atoms with Crippen LogP contribution >= 0.6 is 22.9 Å². The molecule has 0 saturated heterocycles. The number of nitrogens with two attached hydrogens (primary N) is 1. The minimum Gasteiger partial charge on any atom is -0.496 e. The summed E-state index contributed by atoms with van der Waals surface area (Å²) < 4.78 is 10.6. The number of nitrogens with zero attached hydrogens (tertiary/aromatic N) is 1. The molecule has 1 aromatic heterocycles. The number of aromatic nitrogens is 1. The molecule has 0 aliphatic heterocycles. The maximum absolute atomic E-state index is 6.54. The molecular weight excluding hydrogens is 464 g/mol. The third-order valence-corrected chi connectivity index (χ3v) is 7.14. The molecule has 3 aromatic rings. The Labute approximate surface area is 212 Å². The van der Waals surface area contributed by atoms with Crippen molar-refractivity contribution in [1.82, 2.24) is 4.98 Å². The number of rotatable bonds is 9. The SMILES string of the molecule is CCCCC(C#CC(N)c1nc(-c2cc(C)c(OC)cc2Cl)c(C)s1)c1ccc(COC)cc1. The van der Waals surface area contributed by atoms with Crippen LogP contribution in [-0.4, -0.2) is 19.2 Å². The lowest BCUT2D eigenvalue weighted by Gasteiger charge is -2.12. The summed E-state index contributed by atoms with van der Waals surface area (Å²) in [5.74, 6) is 7.63. The number of halogens is 1. The first kappa shape index (κ1) is 26.2. The Balaban J connectivity index is 1.85. The lowest BCUT2D eigenvalue weighted by atomic mass is 9.93. The fraction of sp³-hybridized carbons (Fsp3) is 0.393. The highest BCUT2D eigenvalue weighted by Crippen LogP contribution is 2.37. The van der Waals surface area contributed by atoms with Gasteiger partial charge in [-0.3, -0.25) is 0 Å². The Hall–Kier alpha value is -2.36. The van der Waals surface area contributed by atoms with Gasteiger partial charge in [0.25, 0.3) is 0 Å². The average molecular weight is 497 g/mol. The van der Waals surface area contributed by atoms with Crippen LogP contribution in [0.1, 0.15) is 64.7 Å². The predicted molar refractivity (Wildman–Crippen MR) is 143 cm³/mol. The second-order valence-corrected chi connectivity index (χ2v) is 10.0. The molecule has 0 fully saturated rings. The van der Waals surface area contributed by atoms with Crippen LogP contribution in [0.5, 0.6) is 5.75 Å². The summed E-state index contributed by atoms with van der Waals surface area (Å²) in [6, 6.07) is 11.9. The van der Waals surface area contributed by atoms with Crippen molar-refractivity contribution < 1.29 is 9.47 Å². The molecule has 1 heterocycles. The summed E-state index contributed by atoms with van der Waals surface area (Å²) in [6.07, 6.45) is 3.25. The number of aryl methyl sites for hydroxylation is 2. The first-order chi connectivity index (χ1) is 16.4. The van der Waals surface area contributed by atoms with Crippen molar-refractivity contribution in [1.29, 1.82) is 0 Å². The lowest BCUT2D eigenvalue weighted by Crippen LogP contribution is -2.08. The van der Waals surface area contributed by atoms with Gasteiger partial charge in [0.15, 0.2) is 0 Å². The summed E-state index contributed by atoms with van der Waals surface area (Å²) in [7, 11) is 3.35. The molecule has 0 aliphatic rings. The predicted octanol–water partition coefficient (Wildman–Crippen LogP) is 7.21. The molecule has 180 valence electrons. The molecule has 0 spiro atoms. The molecule has 4 nitrogen and oxygen atoms in total. The summed E-state index contributed by atoms with van der Waals surface area (Å²) in [5, 5.41) is 1.41. The van der Waals surface area contributed by atoms with Gasteiger partial charge in [0.1, 0.15) is 16.8 Å². The first-order valence-corrected chi connectivity index (χ1v) is 12.7. The van der Waals surface area contributed by atoms with E-state index in [-0.39, 0.29) is 5.92 Å². The maximum Gasteiger partial charge on any atom is 0.123 e. The fourth-order valence-corrected chi connectivity index (χ4v) is 4.99. The van der Waals surface area contributed by atoms with Gasteiger partial charge in [0.05, 0.1) is 24.4 Å². The van der Waals surface area contributed by atoms with Gasteiger partial charge >= 0.3 is 0 Å². The van der Waals surface area contributed by atoms with Crippen molar-refractivity contribution in [2.24, 2.45) is 5.73 Å². The van der Waals surface area contributed by atoms with Crippen LogP contribution in [0.2, 0.25) is 5.02 Å². The largest absolute Gasteiger partial charge is 0.496 e. The van der Waals surface area contributed by atoms with Crippen LogP contribution in [0.4, 0.5) is 0 Å². The van der Waals surface area contributed by atoms with E-state index in [0.717, 1.165) is 57.3 Å². The van der Waals surface area contributed by atoms with Gasteiger partial charge in [-0.05, 0) is 49.1 Å². The molecule has 2 unspecified atom stereocenters. The smallest absolute Gasteiger partial charge is 0.123 e. The Bertz CT molecular complexity index is 1160. The minimum absolute atomic E-state index is 0.141. The van der Waals surface area contributed by atoms with Gasteiger partial charge in [-0.1, -0.05) is 67.5 Å². The molecule has 2 N–H and O–H groups in total. The number of methoxy groups -OCH3 is 2. The number of thiazole rings is 1. The Morgan fingerprint density at radius 1 is 1.12 bits per heavy atom. The number of hydrogen-bond acceptors (Lipinski definition) is 5. The molecule has 6 heteroatoms. The monoisotopic (exact) mass is 496 g/mol. The van der Waals surface area contributed by atoms with E-state index in [1.165, 1.54) is 5.56 Å². The molecular formula is C28H33ClN2O2S. The van der Waals surface area contributed by atoms with E-state index < -0.39 is 6.04 Å². The Kier molecular flexibility index (Phi) is 9.55. The van der Waals surface area contributed by atoms with Crippen molar-refractivity contribution in [2.45, 2.75) is 58.6 Å². The highest BCUT2D eigenvalue weighted by atomic mass is 35.5. The number of benzene rings is 2. The van der Waals surface area contributed by atoms with Crippen LogP contribution in [0, 0.1) is 25.7 Å². The lowest BCUT2D eigenvalue weighted by molar-refractivity contribution is 0.185. The molecule has 0 saturated carbocycles. The van der Waals surface area contributed by atoms with Crippen molar-refractivity contribution in [3.8, 4) is 28.8 Å². The van der Waals surface area contributed by atoms with Crippen molar-refractivity contribution in [3.05, 3.63) is 68.0 Å². The van der Waals surface area contributed by atoms with Crippen molar-refractivity contribution in [2.75, 3.05) is 14.2 Å². The van der Waals surface area contributed by atoms with E-state index in [4.69, 9.17) is 31.8 Å². The maximum atomic E-state index is 6.54. The fourth-order valence-electron chi connectivity index (χ4n) is 3.86. The van der Waals surface area contributed by atoms with Crippen LogP contribution in [0.25, 0.3) is 11.3 Å². The molecule has 0 amide bonds. The number of unbranched alkanes of at least 4 members (excludes halogenated alkanes) is 1. The van der Waals surface area contributed by atoms with E-state index in [1.54, 1.807) is 25.6 Å². The van der Waals surface area contributed by atoms with E-state index in [1.807, 2.05) is 26.0 Å². The third-order valence-electron chi connectivity index (χ3n) is 5.77. The van der Waals surface area contributed by atoms with E-state index in [2.05, 4.69) is 43.0 Å². The average Bonchev–Trinajstić information content (AvgIpc) is 3.22. The normalized spacial score (nSPS) is 12.7. The third kappa shape index (κ3) is 6.40. The molecule has 2 aromatic carbocycles. The second kappa shape index (κ2) is 12.4. The quantitative estimate of drug-likeness (QED) is 0.318. The summed E-state index contributed by atoms with van der Waals surface area (Å²) in [5.41, 5.74) is 11.6. The zero-order valence-corrected chi connectivity index (χ0v) is 22.1. The molecule has 0 radical (unpaired) electrons. The molecule has 34 heavy (non-hydrogen) atoms. The van der Waals surface area contributed by atoms with Gasteiger partial charge in [0, 0.05) is 23.5 Å². The van der Waals surface area contributed by atoms with Gasteiger partial charge in [-0.15, -0.1) is 11.3 Å². The Morgan fingerprint density at radius 3 is 2.50 bits per heavy atom. The number of hydrogen-bond donors (Lipinski definition) is 1. The van der Waals surface area contributed by atoms with Gasteiger partial charge in [-0.25, -0.2) is 4.98 Å². The van der Waals surface area contributed by atoms with Crippen LogP contribution in [0.3, 0.4) is 0 Å². The number of ether oxygens (including phenoxy) is 2. The zero-order chi connectivity index (χ0) is 24.7. The van der Waals surface area contributed by atoms with Crippen LogP contribution in [0.15, 0.2) is 36.4 Å². The van der Waals surface area contributed by atoms with Gasteiger partial charge in [-0.2, -0.15) is 0 Å². The van der Waals surface area contributed by atoms with Gasteiger partial charge < -0.3 is 15.2 Å². The van der Waals surface area contributed by atoms with Gasteiger partial charge in [0.2, 0.25) is 0 Å². The van der Waals surface area contributed by atoms with Crippen molar-refractivity contribution >= 4 is 22.9 Å². The molecule has 0 bridgehead atoms. The first-order valence-electron chi connectivity index (χ1n) is 11.5. The Morgan fingerprint density at radius 2 is 1.85 bits per heavy atom. The minimum atomic E-state index is -0.451. The molecule has 3 rings (SSSR count). The highest BCUT2D eigenvalue weighted by Gasteiger charge is 2.18. The van der Waals surface area contributed by atoms with E-state index in [0.29, 0.717) is 11.6 Å². The van der Waals surface area contributed by atoms with E-state index >= 15 is 0 Å². The van der Waals surface area contributed by atoms with Crippen molar-refractivity contribution in [3.63, 3.8) is 0 Å². The van der Waals surface area contributed by atoms with Crippen LogP contribution in [-0.2, 0) is 11.3 Å². The summed E-state index contributed by atoms with van der Waals surface area (Å²) >= 11 is 8.12. The molecule has 2 atom stereocenters. The van der Waals surface area contributed by atoms with E-state index in [9.17, 15) is 0 Å². The highest BCUT2D eigenvalue weighted by molar-refractivity contribution is 7.12. The summed E-state index contributed by atoms with van der Waals surface area (Å²) in [4.78, 5) is 5.90. The second-order valence-electron chi connectivity index (χ2n) is 8.39. The van der Waals surface area contributed by atoms with Crippen LogP contribution < -0.4 is 10.5 Å².